The molecule has 170 valence electrons. The summed E-state index contributed by atoms with van der Waals surface area (Å²) in [6.45, 7) is 6.76. The minimum Gasteiger partial charge on any atom is -0.507 e. The van der Waals surface area contributed by atoms with Gasteiger partial charge in [-0.1, -0.05) is 37.6 Å². The number of aliphatic hydroxyl groups is 1. The van der Waals surface area contributed by atoms with Crippen molar-refractivity contribution >= 4 is 29.1 Å². The van der Waals surface area contributed by atoms with Crippen LogP contribution in [0, 0.1) is 6.92 Å². The fraction of sp³-hybridized carbons (Fsp3) is 0.360. The molecule has 32 heavy (non-hydrogen) atoms. The lowest BCUT2D eigenvalue weighted by Gasteiger charge is -2.25. The Morgan fingerprint density at radius 2 is 1.81 bits per heavy atom. The molecule has 7 heteroatoms. The number of nitrogens with zero attached hydrogens (tertiary/aromatic N) is 1. The largest absolute Gasteiger partial charge is 0.507 e. The second kappa shape index (κ2) is 10.1. The second-order valence-electron chi connectivity index (χ2n) is 7.74. The predicted octanol–water partition coefficient (Wildman–Crippen LogP) is 5.28. The number of methoxy groups -OCH3 is 1. The summed E-state index contributed by atoms with van der Waals surface area (Å²) in [5.74, 6) is -0.719. The average Bonchev–Trinajstić information content (AvgIpc) is 3.02. The van der Waals surface area contributed by atoms with Gasteiger partial charge in [-0.3, -0.25) is 9.59 Å². The number of ketones is 1. The van der Waals surface area contributed by atoms with Crippen LogP contribution in [0.25, 0.3) is 5.76 Å². The number of aliphatic hydroxyl groups excluding tert-OH is 1. The molecule has 0 aliphatic carbocycles. The van der Waals surface area contributed by atoms with Crippen molar-refractivity contribution in [2.75, 3.05) is 20.3 Å². The van der Waals surface area contributed by atoms with Crippen LogP contribution in [0.2, 0.25) is 5.02 Å². The molecule has 1 aliphatic rings. The molecule has 1 saturated heterocycles. The van der Waals surface area contributed by atoms with Crippen molar-refractivity contribution in [3.8, 4) is 11.5 Å². The highest BCUT2D eigenvalue weighted by molar-refractivity contribution is 6.46. The Kier molecular flexibility index (Phi) is 7.46. The summed E-state index contributed by atoms with van der Waals surface area (Å²) in [5, 5.41) is 11.6. The lowest BCUT2D eigenvalue weighted by molar-refractivity contribution is -0.139. The fourth-order valence-electron chi connectivity index (χ4n) is 3.92. The number of likely N-dealkylation sites (tertiary alicyclic amines) is 1. The molecule has 1 atom stereocenters. The molecule has 0 spiro atoms. The summed E-state index contributed by atoms with van der Waals surface area (Å²) in [5.41, 5.74) is 1.79. The van der Waals surface area contributed by atoms with Gasteiger partial charge in [-0.15, -0.1) is 0 Å². The third-order valence-corrected chi connectivity index (χ3v) is 5.60. The molecular weight excluding hydrogens is 430 g/mol. The highest BCUT2D eigenvalue weighted by Gasteiger charge is 2.46. The van der Waals surface area contributed by atoms with Crippen LogP contribution in [0.3, 0.4) is 0 Å². The number of rotatable bonds is 8. The zero-order valence-electron chi connectivity index (χ0n) is 18.8. The quantitative estimate of drug-likeness (QED) is 0.331. The lowest BCUT2D eigenvalue weighted by atomic mass is 9.94. The highest BCUT2D eigenvalue weighted by Crippen LogP contribution is 2.43. The molecule has 1 fully saturated rings. The van der Waals surface area contributed by atoms with E-state index in [4.69, 9.17) is 21.1 Å². The monoisotopic (exact) mass is 457 g/mol. The van der Waals surface area contributed by atoms with E-state index in [0.29, 0.717) is 35.9 Å². The molecule has 0 radical (unpaired) electrons. The zero-order valence-corrected chi connectivity index (χ0v) is 19.5. The first-order valence-corrected chi connectivity index (χ1v) is 11.1. The Balaban J connectivity index is 2.18. The number of aryl methyl sites for hydroxylation is 1. The number of ether oxygens (including phenoxy) is 2. The van der Waals surface area contributed by atoms with Crippen molar-refractivity contribution in [2.45, 2.75) is 39.7 Å². The maximum Gasteiger partial charge on any atom is 0.295 e. The summed E-state index contributed by atoms with van der Waals surface area (Å²) in [4.78, 5) is 27.4. The second-order valence-corrected chi connectivity index (χ2v) is 8.14. The molecule has 3 rings (SSSR count). The van der Waals surface area contributed by atoms with E-state index in [9.17, 15) is 14.7 Å². The van der Waals surface area contributed by atoms with E-state index in [0.717, 1.165) is 12.0 Å². The van der Waals surface area contributed by atoms with E-state index in [1.165, 1.54) is 12.0 Å². The minimum absolute atomic E-state index is 0.0191. The molecule has 1 aliphatic heterocycles. The van der Waals surface area contributed by atoms with Crippen LogP contribution < -0.4 is 9.47 Å². The van der Waals surface area contributed by atoms with E-state index in [1.807, 2.05) is 32.9 Å². The van der Waals surface area contributed by atoms with Crippen LogP contribution in [0.1, 0.15) is 49.4 Å². The molecule has 1 amide bonds. The van der Waals surface area contributed by atoms with Gasteiger partial charge in [-0.2, -0.15) is 0 Å². The number of Topliss-reactive ketones (excluding diaryl/α,β-unsaturated/α-hetero) is 1. The van der Waals surface area contributed by atoms with Crippen LogP contribution in [0.5, 0.6) is 11.5 Å². The van der Waals surface area contributed by atoms with Gasteiger partial charge in [0.1, 0.15) is 17.3 Å². The lowest BCUT2D eigenvalue weighted by Crippen LogP contribution is -2.30. The molecule has 1 N–H and O–H groups in total. The van der Waals surface area contributed by atoms with Gasteiger partial charge in [-0.05, 0) is 55.2 Å². The van der Waals surface area contributed by atoms with Gasteiger partial charge in [0.05, 0.1) is 35.9 Å². The Labute approximate surface area is 193 Å². The zero-order chi connectivity index (χ0) is 23.4. The molecule has 1 heterocycles. The molecule has 0 bridgehead atoms. The smallest absolute Gasteiger partial charge is 0.295 e. The van der Waals surface area contributed by atoms with Crippen LogP contribution in [-0.2, 0) is 9.59 Å². The van der Waals surface area contributed by atoms with Crippen LogP contribution in [0.15, 0.2) is 42.0 Å². The summed E-state index contributed by atoms with van der Waals surface area (Å²) >= 11 is 6.31. The molecule has 1 unspecified atom stereocenters. The summed E-state index contributed by atoms with van der Waals surface area (Å²) in [6.07, 6.45) is 1.56. The standard InChI is InChI=1S/C25H28ClNO5/c1-5-11-27-21(16-7-9-17(10-8-16)32-12-6-2)20(23(29)25(27)30)22(28)18-13-15(3)14-19(26)24(18)31-4/h7-10,13-14,21,28H,5-6,11-12H2,1-4H3/b22-20+. The van der Waals surface area contributed by atoms with Gasteiger partial charge >= 0.3 is 0 Å². The van der Waals surface area contributed by atoms with E-state index >= 15 is 0 Å². The van der Waals surface area contributed by atoms with Crippen molar-refractivity contribution in [3.63, 3.8) is 0 Å². The Morgan fingerprint density at radius 3 is 2.41 bits per heavy atom. The van der Waals surface area contributed by atoms with Gasteiger partial charge in [0, 0.05) is 6.54 Å². The maximum atomic E-state index is 13.1. The van der Waals surface area contributed by atoms with Crippen molar-refractivity contribution in [2.24, 2.45) is 0 Å². The van der Waals surface area contributed by atoms with Crippen LogP contribution >= 0.6 is 11.6 Å². The first kappa shape index (κ1) is 23.7. The molecule has 0 saturated carbocycles. The highest BCUT2D eigenvalue weighted by atomic mass is 35.5. The van der Waals surface area contributed by atoms with Crippen molar-refractivity contribution < 1.29 is 24.2 Å². The van der Waals surface area contributed by atoms with E-state index in [1.54, 1.807) is 24.3 Å². The van der Waals surface area contributed by atoms with Crippen molar-refractivity contribution in [1.29, 1.82) is 0 Å². The summed E-state index contributed by atoms with van der Waals surface area (Å²) < 4.78 is 11.0. The molecule has 0 aromatic heterocycles. The van der Waals surface area contributed by atoms with Crippen LogP contribution in [-0.4, -0.2) is 42.0 Å². The minimum atomic E-state index is -0.730. The summed E-state index contributed by atoms with van der Waals surface area (Å²) in [6, 6.07) is 9.92. The molecule has 6 nitrogen and oxygen atoms in total. The van der Waals surface area contributed by atoms with Gasteiger partial charge < -0.3 is 19.5 Å². The Bertz CT molecular complexity index is 1050. The number of carbonyl (C=O) groups excluding carboxylic acids is 2. The Hall–Kier alpha value is -2.99. The normalized spacial score (nSPS) is 17.7. The van der Waals surface area contributed by atoms with Crippen LogP contribution in [0.4, 0.5) is 0 Å². The van der Waals surface area contributed by atoms with Gasteiger partial charge in [0.2, 0.25) is 0 Å². The van der Waals surface area contributed by atoms with Gasteiger partial charge in [0.15, 0.2) is 0 Å². The van der Waals surface area contributed by atoms with E-state index in [-0.39, 0.29) is 22.6 Å². The topological polar surface area (TPSA) is 76.1 Å². The Morgan fingerprint density at radius 1 is 1.12 bits per heavy atom. The van der Waals surface area contributed by atoms with Crippen molar-refractivity contribution in [3.05, 3.63) is 63.7 Å². The van der Waals surface area contributed by atoms with E-state index < -0.39 is 17.7 Å². The number of hydrogen-bond acceptors (Lipinski definition) is 5. The number of halogens is 1. The number of hydrogen-bond donors (Lipinski definition) is 1. The molecular formula is C25H28ClNO5. The maximum absolute atomic E-state index is 13.1. The number of carbonyl (C=O) groups is 2. The van der Waals surface area contributed by atoms with Gasteiger partial charge in [0.25, 0.3) is 11.7 Å². The third-order valence-electron chi connectivity index (χ3n) is 5.32. The first-order valence-electron chi connectivity index (χ1n) is 10.7. The van der Waals surface area contributed by atoms with E-state index in [2.05, 4.69) is 0 Å². The molecule has 2 aromatic carbocycles. The predicted molar refractivity (Wildman–Crippen MR) is 124 cm³/mol. The number of benzene rings is 2. The fourth-order valence-corrected chi connectivity index (χ4v) is 4.27. The number of amides is 1. The third kappa shape index (κ3) is 4.46. The van der Waals surface area contributed by atoms with Gasteiger partial charge in [-0.25, -0.2) is 0 Å². The average molecular weight is 458 g/mol. The SMILES string of the molecule is CCCOc1ccc(C2/C(=C(\O)c3cc(C)cc(Cl)c3OC)C(=O)C(=O)N2CCC)cc1. The van der Waals surface area contributed by atoms with Crippen molar-refractivity contribution in [1.82, 2.24) is 4.90 Å². The summed E-state index contributed by atoms with van der Waals surface area (Å²) in [7, 11) is 1.44. The first-order chi connectivity index (χ1) is 15.3. The molecule has 2 aromatic rings.